The lowest BCUT2D eigenvalue weighted by Crippen LogP contribution is -2.34. The molecular formula is C27H39ClN6O5S. The lowest BCUT2D eigenvalue weighted by atomic mass is 10.1. The van der Waals surface area contributed by atoms with E-state index in [0.717, 1.165) is 24.2 Å². The number of rotatable bonds is 11. The molecule has 13 heteroatoms. The van der Waals surface area contributed by atoms with Gasteiger partial charge in [0.2, 0.25) is 0 Å². The topological polar surface area (TPSA) is 147 Å². The van der Waals surface area contributed by atoms with Gasteiger partial charge in [0.25, 0.3) is 6.01 Å². The molecule has 0 spiro atoms. The van der Waals surface area contributed by atoms with Crippen LogP contribution in [0, 0.1) is 5.41 Å². The number of aliphatic hydroxyl groups excluding tert-OH is 1. The summed E-state index contributed by atoms with van der Waals surface area (Å²) in [5, 5.41) is 25.4. The molecule has 220 valence electrons. The van der Waals surface area contributed by atoms with E-state index in [-0.39, 0.29) is 37.5 Å². The van der Waals surface area contributed by atoms with E-state index >= 15 is 0 Å². The maximum atomic E-state index is 9.91. The number of H-pyrrole nitrogens is 1. The monoisotopic (exact) mass is 594 g/mol. The minimum atomic E-state index is -0.648. The molecule has 5 N–H and O–H groups in total. The summed E-state index contributed by atoms with van der Waals surface area (Å²) in [5.74, 6) is 0.420. The molecule has 0 radical (unpaired) electrons. The minimum Gasteiger partial charge on any atom is -0.456 e. The van der Waals surface area contributed by atoms with Crippen LogP contribution in [-0.2, 0) is 14.2 Å². The van der Waals surface area contributed by atoms with Crippen molar-refractivity contribution in [2.45, 2.75) is 44.7 Å². The Labute approximate surface area is 245 Å². The molecular weight excluding hydrogens is 556 g/mol. The number of hydrogen-bond acceptors (Lipinski definition) is 11. The number of nitrogens with zero attached hydrogens (tertiary/aromatic N) is 2. The van der Waals surface area contributed by atoms with Crippen molar-refractivity contribution in [1.82, 2.24) is 15.0 Å². The van der Waals surface area contributed by atoms with E-state index in [0.29, 0.717) is 40.9 Å². The van der Waals surface area contributed by atoms with Gasteiger partial charge in [-0.25, -0.2) is 4.98 Å². The highest BCUT2D eigenvalue weighted by Gasteiger charge is 2.48. The summed E-state index contributed by atoms with van der Waals surface area (Å²) >= 11 is 9.98. The minimum absolute atomic E-state index is 0.227. The van der Waals surface area contributed by atoms with Gasteiger partial charge in [-0.05, 0) is 24.8 Å². The van der Waals surface area contributed by atoms with Gasteiger partial charge in [-0.15, -0.1) is 0 Å². The molecule has 1 aromatic carbocycles. The highest BCUT2D eigenvalue weighted by molar-refractivity contribution is 7.79. The smallest absolute Gasteiger partial charge is 0.296 e. The molecule has 5 rings (SSSR count). The number of pyridine rings is 1. The van der Waals surface area contributed by atoms with Crippen LogP contribution in [0.1, 0.15) is 25.8 Å². The number of aliphatic hydroxyl groups is 1. The van der Waals surface area contributed by atoms with Crippen LogP contribution in [-0.4, -0.2) is 96.5 Å². The molecule has 3 aromatic rings. The maximum Gasteiger partial charge on any atom is 0.296 e. The molecule has 2 aliphatic heterocycles. The Morgan fingerprint density at radius 1 is 1.18 bits per heavy atom. The van der Waals surface area contributed by atoms with Crippen molar-refractivity contribution >= 4 is 52.6 Å². The largest absolute Gasteiger partial charge is 0.456 e. The Hall–Kier alpha value is -2.61. The summed E-state index contributed by atoms with van der Waals surface area (Å²) in [5.41, 5.74) is 3.12. The Balaban J connectivity index is 0.00000106. The summed E-state index contributed by atoms with van der Waals surface area (Å²) < 4.78 is 22.2. The summed E-state index contributed by atoms with van der Waals surface area (Å²) in [6, 6.07) is 9.68. The van der Waals surface area contributed by atoms with Crippen molar-refractivity contribution in [3.05, 3.63) is 40.9 Å². The number of fused-ring (bicyclic) bond motifs is 2. The van der Waals surface area contributed by atoms with Crippen LogP contribution in [0.25, 0.3) is 11.2 Å². The summed E-state index contributed by atoms with van der Waals surface area (Å²) in [6.45, 7) is 6.18. The SMILES string of the molecule is CC.COCCCNc1ccccc1C(=N)CNc1nc2nc(O[C@@H]3CO[C@H]4[C@@H]3OC[C@H]4O)[nH]c2cc1Cl.CS. The molecule has 2 aliphatic rings. The van der Waals surface area contributed by atoms with Crippen molar-refractivity contribution in [2.24, 2.45) is 0 Å². The zero-order valence-electron chi connectivity index (χ0n) is 23.2. The van der Waals surface area contributed by atoms with Crippen molar-refractivity contribution in [3.63, 3.8) is 0 Å². The van der Waals surface area contributed by atoms with Crippen molar-refractivity contribution in [3.8, 4) is 6.01 Å². The van der Waals surface area contributed by atoms with Crippen LogP contribution in [0.2, 0.25) is 5.02 Å². The average Bonchev–Trinajstić information content (AvgIpc) is 3.68. The van der Waals surface area contributed by atoms with Crippen LogP contribution in [0.4, 0.5) is 11.5 Å². The molecule has 4 atom stereocenters. The molecule has 2 aromatic heterocycles. The average molecular weight is 595 g/mol. The third-order valence-corrected chi connectivity index (χ3v) is 6.46. The van der Waals surface area contributed by atoms with E-state index in [1.54, 1.807) is 19.4 Å². The van der Waals surface area contributed by atoms with Crippen LogP contribution in [0.15, 0.2) is 30.3 Å². The lowest BCUT2D eigenvalue weighted by Gasteiger charge is -2.15. The zero-order valence-corrected chi connectivity index (χ0v) is 24.9. The Bertz CT molecular complexity index is 1230. The van der Waals surface area contributed by atoms with Gasteiger partial charge in [-0.1, -0.05) is 43.6 Å². The van der Waals surface area contributed by atoms with Crippen molar-refractivity contribution in [2.75, 3.05) is 56.9 Å². The third-order valence-electron chi connectivity index (χ3n) is 6.18. The first-order valence-corrected chi connectivity index (χ1v) is 14.5. The highest BCUT2D eigenvalue weighted by atomic mass is 35.5. The molecule has 0 saturated carbocycles. The second-order valence-corrected chi connectivity index (χ2v) is 9.11. The summed E-state index contributed by atoms with van der Waals surface area (Å²) in [4.78, 5) is 12.0. The Kier molecular flexibility index (Phi) is 12.8. The summed E-state index contributed by atoms with van der Waals surface area (Å²) in [7, 11) is 1.68. The van der Waals surface area contributed by atoms with Gasteiger partial charge >= 0.3 is 0 Å². The molecule has 11 nitrogen and oxygen atoms in total. The van der Waals surface area contributed by atoms with Gasteiger partial charge in [-0.3, -0.25) is 0 Å². The number of anilines is 2. The van der Waals surface area contributed by atoms with Gasteiger partial charge in [0.1, 0.15) is 24.1 Å². The first-order chi connectivity index (χ1) is 19.5. The van der Waals surface area contributed by atoms with Crippen molar-refractivity contribution in [1.29, 1.82) is 5.41 Å². The number of thiol groups is 1. The van der Waals surface area contributed by atoms with Crippen LogP contribution in [0.5, 0.6) is 6.01 Å². The molecule has 0 amide bonds. The fourth-order valence-electron chi connectivity index (χ4n) is 4.37. The highest BCUT2D eigenvalue weighted by Crippen LogP contribution is 2.31. The first kappa shape index (κ1) is 31.9. The number of methoxy groups -OCH3 is 1. The number of halogens is 1. The normalized spacial score (nSPS) is 21.1. The Morgan fingerprint density at radius 2 is 1.93 bits per heavy atom. The molecule has 40 heavy (non-hydrogen) atoms. The van der Waals surface area contributed by atoms with Gasteiger partial charge in [-0.2, -0.15) is 17.6 Å². The molecule has 4 heterocycles. The van der Waals surface area contributed by atoms with Crippen molar-refractivity contribution < 1.29 is 24.1 Å². The number of aromatic nitrogens is 3. The van der Waals surface area contributed by atoms with Crippen LogP contribution < -0.4 is 15.4 Å². The predicted molar refractivity (Wildman–Crippen MR) is 162 cm³/mol. The maximum absolute atomic E-state index is 9.91. The van der Waals surface area contributed by atoms with E-state index in [1.165, 1.54) is 0 Å². The number of ether oxygens (including phenoxy) is 4. The number of nitrogens with one attached hydrogen (secondary N) is 4. The summed E-state index contributed by atoms with van der Waals surface area (Å²) in [6.07, 6.45) is 0.805. The van der Waals surface area contributed by atoms with E-state index in [4.69, 9.17) is 36.0 Å². The van der Waals surface area contributed by atoms with Gasteiger partial charge in [0.15, 0.2) is 11.8 Å². The number of imidazole rings is 1. The third kappa shape index (κ3) is 7.77. The number of hydrogen-bond donors (Lipinski definition) is 6. The number of para-hydroxylation sites is 1. The second-order valence-electron chi connectivity index (χ2n) is 8.70. The molecule has 0 bridgehead atoms. The predicted octanol–water partition coefficient (Wildman–Crippen LogP) is 4.02. The second kappa shape index (κ2) is 16.0. The Morgan fingerprint density at radius 3 is 2.70 bits per heavy atom. The molecule has 0 aliphatic carbocycles. The first-order valence-electron chi connectivity index (χ1n) is 13.3. The molecule has 0 unspecified atom stereocenters. The number of aromatic amines is 1. The van der Waals surface area contributed by atoms with Gasteiger partial charge in [0, 0.05) is 31.5 Å². The van der Waals surface area contributed by atoms with Gasteiger partial charge in [0.05, 0.1) is 36.0 Å². The fraction of sp³-hybridized carbons (Fsp3) is 0.519. The molecule has 2 saturated heterocycles. The van der Waals surface area contributed by atoms with Crippen LogP contribution in [0.3, 0.4) is 0 Å². The lowest BCUT2D eigenvalue weighted by molar-refractivity contribution is 0.00706. The standard InChI is InChI=1S/C24H29ClN6O5.C2H6.CH4S/c1-33-8-4-7-27-16-6-3-2-5-13(16)15(26)10-28-22-14(25)9-17-23(30-22)31-24(29-17)36-19-12-35-20-18(32)11-34-21(19)20;2*1-2/h2-3,5-6,9,18-21,26-27,32H,4,7-8,10-12H2,1H3,(H2,28,29,30,31);1-2H3;2H,1H3/t18-,19-,20-,21-;;/m1../s1. The molecule has 2 fully saturated rings. The number of benzene rings is 1. The van der Waals surface area contributed by atoms with Gasteiger partial charge < -0.3 is 45.1 Å². The van der Waals surface area contributed by atoms with E-state index in [2.05, 4.69) is 38.2 Å². The van der Waals surface area contributed by atoms with E-state index in [9.17, 15) is 5.11 Å². The zero-order chi connectivity index (χ0) is 29.1. The van der Waals surface area contributed by atoms with E-state index in [1.807, 2.05) is 38.1 Å². The van der Waals surface area contributed by atoms with E-state index < -0.39 is 6.10 Å². The fourth-order valence-corrected chi connectivity index (χ4v) is 4.59. The quantitative estimate of drug-likeness (QED) is 0.110. The van der Waals surface area contributed by atoms with Crippen LogP contribution >= 0.6 is 24.2 Å².